The van der Waals surface area contributed by atoms with E-state index in [1.54, 1.807) is 18.3 Å². The first kappa shape index (κ1) is 21.9. The third kappa shape index (κ3) is 3.87. The van der Waals surface area contributed by atoms with Gasteiger partial charge in [0, 0.05) is 23.7 Å². The molecule has 0 spiro atoms. The van der Waals surface area contributed by atoms with Gasteiger partial charge < -0.3 is 15.3 Å². The van der Waals surface area contributed by atoms with Crippen LogP contribution in [0.25, 0.3) is 17.1 Å². The van der Waals surface area contributed by atoms with Crippen LogP contribution >= 0.6 is 0 Å². The van der Waals surface area contributed by atoms with E-state index in [-0.39, 0.29) is 29.5 Å². The molecule has 1 saturated carbocycles. The van der Waals surface area contributed by atoms with Crippen LogP contribution in [0.15, 0.2) is 30.7 Å². The lowest BCUT2D eigenvalue weighted by Crippen LogP contribution is -2.69. The minimum Gasteiger partial charge on any atom is -0.507 e. The van der Waals surface area contributed by atoms with Gasteiger partial charge in [0.05, 0.1) is 23.5 Å². The summed E-state index contributed by atoms with van der Waals surface area (Å²) in [5.74, 6) is 0.845. The van der Waals surface area contributed by atoms with Gasteiger partial charge in [0.1, 0.15) is 24.3 Å². The zero-order valence-corrected chi connectivity index (χ0v) is 19.3. The molecule has 6 rings (SSSR count). The molecule has 0 radical (unpaired) electrons. The van der Waals surface area contributed by atoms with Crippen molar-refractivity contribution in [2.24, 2.45) is 0 Å². The summed E-state index contributed by atoms with van der Waals surface area (Å²) >= 11 is 0. The second-order valence-electron chi connectivity index (χ2n) is 9.96. The van der Waals surface area contributed by atoms with Crippen LogP contribution in [0.1, 0.15) is 51.3 Å². The maximum absolute atomic E-state index is 15.8. The van der Waals surface area contributed by atoms with E-state index in [2.05, 4.69) is 35.5 Å². The molecule has 4 heterocycles. The van der Waals surface area contributed by atoms with Gasteiger partial charge in [-0.15, -0.1) is 15.3 Å². The van der Waals surface area contributed by atoms with Crippen molar-refractivity contribution in [2.75, 3.05) is 4.90 Å². The summed E-state index contributed by atoms with van der Waals surface area (Å²) < 4.78 is 17.2. The van der Waals surface area contributed by atoms with Gasteiger partial charge in [-0.1, -0.05) is 0 Å². The molecule has 2 aliphatic heterocycles. The van der Waals surface area contributed by atoms with Crippen LogP contribution in [0.3, 0.4) is 0 Å². The zero-order chi connectivity index (χ0) is 24.2. The molecule has 35 heavy (non-hydrogen) atoms. The molecule has 2 saturated heterocycles. The van der Waals surface area contributed by atoms with E-state index < -0.39 is 11.7 Å². The van der Waals surface area contributed by atoms with Crippen LogP contribution < -0.4 is 10.2 Å². The quantitative estimate of drug-likeness (QED) is 0.572. The SMILES string of the molecule is C[C@]12CCC[C@H](C[C@@H](N(c3cnc(-c4ccc(-n5cnc(C#N)n5)cc4O)nn3)C3CC3)[C@H]1F)N2. The lowest BCUT2D eigenvalue weighted by atomic mass is 9.73. The van der Waals surface area contributed by atoms with E-state index >= 15 is 4.39 Å². The molecule has 3 fully saturated rings. The Labute approximate surface area is 201 Å². The molecule has 1 aliphatic carbocycles. The highest BCUT2D eigenvalue weighted by atomic mass is 19.1. The number of alkyl halides is 1. The van der Waals surface area contributed by atoms with Crippen molar-refractivity contribution in [3.63, 3.8) is 0 Å². The van der Waals surface area contributed by atoms with Crippen LogP contribution in [-0.2, 0) is 0 Å². The third-order valence-electron chi connectivity index (χ3n) is 7.45. The highest BCUT2D eigenvalue weighted by Gasteiger charge is 2.52. The third-order valence-corrected chi connectivity index (χ3v) is 7.45. The maximum atomic E-state index is 15.8. The number of rotatable bonds is 5. The number of nitrogens with zero attached hydrogens (tertiary/aromatic N) is 8. The summed E-state index contributed by atoms with van der Waals surface area (Å²) in [4.78, 5) is 10.5. The van der Waals surface area contributed by atoms with Gasteiger partial charge in [0.25, 0.3) is 5.82 Å². The summed E-state index contributed by atoms with van der Waals surface area (Å²) in [6.07, 6.45) is 7.77. The van der Waals surface area contributed by atoms with E-state index in [1.807, 2.05) is 13.0 Å². The predicted octanol–water partition coefficient (Wildman–Crippen LogP) is 2.68. The summed E-state index contributed by atoms with van der Waals surface area (Å²) in [5, 5.41) is 35.8. The first-order valence-corrected chi connectivity index (χ1v) is 12.0. The lowest BCUT2D eigenvalue weighted by Gasteiger charge is -2.52. The molecule has 0 amide bonds. The van der Waals surface area contributed by atoms with Gasteiger partial charge in [-0.2, -0.15) is 5.26 Å². The summed E-state index contributed by atoms with van der Waals surface area (Å²) in [6.45, 7) is 2.00. The Bertz CT molecular complexity index is 1280. The fraction of sp³-hybridized carbons (Fsp3) is 0.500. The Hall–Kier alpha value is -3.65. The molecule has 180 valence electrons. The smallest absolute Gasteiger partial charge is 0.252 e. The highest BCUT2D eigenvalue weighted by Crippen LogP contribution is 2.42. The minimum atomic E-state index is -1.00. The van der Waals surface area contributed by atoms with Crippen molar-refractivity contribution < 1.29 is 9.50 Å². The Morgan fingerprint density at radius 2 is 2.11 bits per heavy atom. The fourth-order valence-electron chi connectivity index (χ4n) is 5.59. The number of anilines is 1. The van der Waals surface area contributed by atoms with E-state index in [4.69, 9.17) is 5.26 Å². The van der Waals surface area contributed by atoms with Crippen LogP contribution in [0.4, 0.5) is 10.2 Å². The number of phenolic OH excluding ortho intramolecular Hbond substituents is 1. The summed E-state index contributed by atoms with van der Waals surface area (Å²) in [7, 11) is 0. The number of piperidine rings is 2. The Morgan fingerprint density at radius 1 is 1.26 bits per heavy atom. The summed E-state index contributed by atoms with van der Waals surface area (Å²) in [6, 6.07) is 7.08. The molecule has 4 atom stereocenters. The van der Waals surface area contributed by atoms with Gasteiger partial charge in [-0.3, -0.25) is 0 Å². The molecule has 3 aromatic rings. The maximum Gasteiger partial charge on any atom is 0.252 e. The molecule has 2 aromatic heterocycles. The first-order chi connectivity index (χ1) is 16.9. The minimum absolute atomic E-state index is 0.0405. The normalized spacial score (nSPS) is 27.9. The van der Waals surface area contributed by atoms with Crippen LogP contribution in [0, 0.1) is 11.3 Å². The standard InChI is InChI=1S/C24H26FN9O/c1-24-8-2-3-14(29-24)9-18(22(24)25)34(15-4-5-15)21-12-27-23(31-30-21)17-7-6-16(10-19(17)35)33-13-28-20(11-26)32-33/h6-7,10,12-15,18,22,29,35H,2-5,8-9H2,1H3/t14-,18-,22-,24+/m1/s1. The molecule has 2 N–H and O–H groups in total. The van der Waals surface area contributed by atoms with Gasteiger partial charge in [0.2, 0.25) is 0 Å². The number of fused-ring (bicyclic) bond motifs is 2. The average Bonchev–Trinajstić information content (AvgIpc) is 3.57. The van der Waals surface area contributed by atoms with Crippen molar-refractivity contribution in [1.29, 1.82) is 5.26 Å². The molecular weight excluding hydrogens is 449 g/mol. The van der Waals surface area contributed by atoms with Gasteiger partial charge in [-0.05, 0) is 57.6 Å². The second-order valence-corrected chi connectivity index (χ2v) is 9.96. The number of halogens is 1. The number of benzene rings is 1. The Balaban J connectivity index is 1.26. The molecule has 10 nitrogen and oxygen atoms in total. The van der Waals surface area contributed by atoms with E-state index in [1.165, 1.54) is 17.1 Å². The van der Waals surface area contributed by atoms with E-state index in [0.29, 0.717) is 23.1 Å². The van der Waals surface area contributed by atoms with Crippen molar-refractivity contribution in [1.82, 2.24) is 35.3 Å². The largest absolute Gasteiger partial charge is 0.507 e. The first-order valence-electron chi connectivity index (χ1n) is 12.0. The van der Waals surface area contributed by atoms with E-state index in [0.717, 1.165) is 38.5 Å². The fourth-order valence-corrected chi connectivity index (χ4v) is 5.59. The second kappa shape index (κ2) is 8.23. The van der Waals surface area contributed by atoms with E-state index in [9.17, 15) is 5.11 Å². The molecule has 1 aromatic carbocycles. The number of nitriles is 1. The predicted molar refractivity (Wildman–Crippen MR) is 125 cm³/mol. The number of aromatic nitrogens is 6. The van der Waals surface area contributed by atoms with Crippen molar-refractivity contribution in [2.45, 2.75) is 75.3 Å². The average molecular weight is 476 g/mol. The molecule has 3 aliphatic rings. The van der Waals surface area contributed by atoms with Gasteiger partial charge in [-0.25, -0.2) is 19.0 Å². The van der Waals surface area contributed by atoms with Gasteiger partial charge in [0.15, 0.2) is 11.6 Å². The van der Waals surface area contributed by atoms with Crippen LogP contribution in [-0.4, -0.2) is 64.9 Å². The molecular formula is C24H26FN9O. The number of hydrogen-bond donors (Lipinski definition) is 2. The van der Waals surface area contributed by atoms with Crippen LogP contribution in [0.2, 0.25) is 0 Å². The lowest BCUT2D eigenvalue weighted by molar-refractivity contribution is 0.0385. The van der Waals surface area contributed by atoms with Gasteiger partial charge >= 0.3 is 0 Å². The summed E-state index contributed by atoms with van der Waals surface area (Å²) in [5.41, 5.74) is 0.452. The van der Waals surface area contributed by atoms with Crippen LogP contribution in [0.5, 0.6) is 5.75 Å². The van der Waals surface area contributed by atoms with Crippen molar-refractivity contribution in [3.8, 4) is 28.9 Å². The number of aromatic hydroxyl groups is 1. The molecule has 0 unspecified atom stereocenters. The van der Waals surface area contributed by atoms with Crippen molar-refractivity contribution in [3.05, 3.63) is 36.5 Å². The molecule has 11 heteroatoms. The van der Waals surface area contributed by atoms with Crippen molar-refractivity contribution >= 4 is 5.82 Å². The number of nitrogens with one attached hydrogen (secondary N) is 1. The zero-order valence-electron chi connectivity index (χ0n) is 19.3. The topological polar surface area (TPSA) is 129 Å². The monoisotopic (exact) mass is 475 g/mol. The number of hydrogen-bond acceptors (Lipinski definition) is 9. The molecule has 2 bridgehead atoms. The number of phenols is 1. The highest BCUT2D eigenvalue weighted by molar-refractivity contribution is 5.66. The Kier molecular flexibility index (Phi) is 5.14. The Morgan fingerprint density at radius 3 is 2.80 bits per heavy atom.